The molecule has 24 heavy (non-hydrogen) atoms. The summed E-state index contributed by atoms with van der Waals surface area (Å²) in [6.45, 7) is 6.99. The van der Waals surface area contributed by atoms with Crippen molar-refractivity contribution in [3.63, 3.8) is 0 Å². The molecule has 9 heteroatoms. The fourth-order valence-corrected chi connectivity index (χ4v) is 4.75. The molecule has 2 aliphatic rings. The maximum Gasteiger partial charge on any atom is 0.272 e. The number of amides is 1. The van der Waals surface area contributed by atoms with Crippen molar-refractivity contribution in [2.75, 3.05) is 49.1 Å². The van der Waals surface area contributed by atoms with Gasteiger partial charge < -0.3 is 15.1 Å². The predicted octanol–water partition coefficient (Wildman–Crippen LogP) is -0.465. The Labute approximate surface area is 142 Å². The molecular formula is C15H23N5O3S. The van der Waals surface area contributed by atoms with Crippen molar-refractivity contribution < 1.29 is 13.2 Å². The van der Waals surface area contributed by atoms with E-state index >= 15 is 0 Å². The second kappa shape index (κ2) is 7.02. The molecule has 1 atom stereocenters. The zero-order valence-corrected chi connectivity index (χ0v) is 14.6. The van der Waals surface area contributed by atoms with E-state index in [0.717, 1.165) is 38.5 Å². The summed E-state index contributed by atoms with van der Waals surface area (Å²) >= 11 is 0. The van der Waals surface area contributed by atoms with E-state index in [1.807, 2.05) is 0 Å². The number of carbonyl (C=O) groups is 1. The van der Waals surface area contributed by atoms with Gasteiger partial charge in [-0.1, -0.05) is 6.92 Å². The second-order valence-corrected chi connectivity index (χ2v) is 8.50. The fraction of sp³-hybridized carbons (Fsp3) is 0.667. The first-order valence-corrected chi connectivity index (χ1v) is 10.1. The Morgan fingerprint density at radius 2 is 2.00 bits per heavy atom. The lowest BCUT2D eigenvalue weighted by atomic mass is 10.2. The van der Waals surface area contributed by atoms with Gasteiger partial charge in [0, 0.05) is 32.2 Å². The second-order valence-electron chi connectivity index (χ2n) is 6.27. The van der Waals surface area contributed by atoms with Crippen LogP contribution in [0.2, 0.25) is 0 Å². The fourth-order valence-electron chi connectivity index (χ4n) is 3.08. The van der Waals surface area contributed by atoms with Crippen LogP contribution in [0.25, 0.3) is 0 Å². The van der Waals surface area contributed by atoms with Crippen molar-refractivity contribution in [1.82, 2.24) is 20.4 Å². The van der Waals surface area contributed by atoms with Crippen LogP contribution in [-0.2, 0) is 9.84 Å². The molecule has 1 aromatic rings. The van der Waals surface area contributed by atoms with Crippen molar-refractivity contribution >= 4 is 21.6 Å². The topological polar surface area (TPSA) is 95.5 Å². The van der Waals surface area contributed by atoms with Crippen LogP contribution >= 0.6 is 0 Å². The molecule has 3 heterocycles. The monoisotopic (exact) mass is 353 g/mol. The first-order valence-electron chi connectivity index (χ1n) is 8.29. The lowest BCUT2D eigenvalue weighted by Crippen LogP contribution is -2.46. The standard InChI is InChI=1S/C15H23N5O3S/c1-2-19-6-8-20(9-7-19)14-4-3-13(17-18-14)15(21)16-12-5-10-24(22,23)11-12/h3-4,12H,2,5-11H2,1H3,(H,16,21). The normalized spacial score (nSPS) is 24.0. The molecule has 0 aromatic carbocycles. The zero-order chi connectivity index (χ0) is 17.2. The molecule has 0 aliphatic carbocycles. The third-order valence-corrected chi connectivity index (χ3v) is 6.36. The molecular weight excluding hydrogens is 330 g/mol. The molecule has 0 saturated carbocycles. The smallest absolute Gasteiger partial charge is 0.272 e. The summed E-state index contributed by atoms with van der Waals surface area (Å²) in [4.78, 5) is 16.7. The van der Waals surface area contributed by atoms with E-state index in [4.69, 9.17) is 0 Å². The minimum absolute atomic E-state index is 0.00591. The Morgan fingerprint density at radius 3 is 2.54 bits per heavy atom. The van der Waals surface area contributed by atoms with Crippen LogP contribution in [-0.4, -0.2) is 79.7 Å². The number of hydrogen-bond acceptors (Lipinski definition) is 7. The van der Waals surface area contributed by atoms with Gasteiger partial charge in [0.25, 0.3) is 5.91 Å². The molecule has 0 radical (unpaired) electrons. The van der Waals surface area contributed by atoms with Crippen molar-refractivity contribution in [2.45, 2.75) is 19.4 Å². The van der Waals surface area contributed by atoms with Crippen LogP contribution < -0.4 is 10.2 Å². The number of likely N-dealkylation sites (N-methyl/N-ethyl adjacent to an activating group) is 1. The number of aromatic nitrogens is 2. The highest BCUT2D eigenvalue weighted by Crippen LogP contribution is 2.14. The van der Waals surface area contributed by atoms with Gasteiger partial charge in [0.2, 0.25) is 0 Å². The Balaban J connectivity index is 1.57. The lowest BCUT2D eigenvalue weighted by Gasteiger charge is -2.34. The number of rotatable bonds is 4. The third kappa shape index (κ3) is 4.02. The number of piperazine rings is 1. The highest BCUT2D eigenvalue weighted by atomic mass is 32.2. The molecule has 2 fully saturated rings. The van der Waals surface area contributed by atoms with E-state index in [9.17, 15) is 13.2 Å². The first-order chi connectivity index (χ1) is 11.5. The van der Waals surface area contributed by atoms with Gasteiger partial charge in [-0.05, 0) is 25.1 Å². The van der Waals surface area contributed by atoms with E-state index in [1.54, 1.807) is 12.1 Å². The minimum atomic E-state index is -3.01. The molecule has 2 saturated heterocycles. The average molecular weight is 353 g/mol. The number of sulfone groups is 1. The summed E-state index contributed by atoms with van der Waals surface area (Å²) in [6, 6.07) is 3.12. The van der Waals surface area contributed by atoms with E-state index in [0.29, 0.717) is 6.42 Å². The molecule has 0 bridgehead atoms. The van der Waals surface area contributed by atoms with Gasteiger partial charge in [-0.3, -0.25) is 4.79 Å². The van der Waals surface area contributed by atoms with Crippen molar-refractivity contribution in [3.8, 4) is 0 Å². The van der Waals surface area contributed by atoms with Crippen LogP contribution in [0.4, 0.5) is 5.82 Å². The summed E-state index contributed by atoms with van der Waals surface area (Å²) in [5.41, 5.74) is 0.218. The largest absolute Gasteiger partial charge is 0.353 e. The predicted molar refractivity (Wildman–Crippen MR) is 90.9 cm³/mol. The summed E-state index contributed by atoms with van der Waals surface area (Å²) in [5, 5.41) is 10.9. The molecule has 1 amide bonds. The Bertz CT molecular complexity index is 684. The number of nitrogens with zero attached hydrogens (tertiary/aromatic N) is 4. The van der Waals surface area contributed by atoms with Crippen LogP contribution in [0.3, 0.4) is 0 Å². The maximum atomic E-state index is 12.2. The summed E-state index contributed by atoms with van der Waals surface area (Å²) in [7, 11) is -3.01. The lowest BCUT2D eigenvalue weighted by molar-refractivity contribution is 0.0935. The Hall–Kier alpha value is -1.74. The van der Waals surface area contributed by atoms with Gasteiger partial charge in [-0.15, -0.1) is 10.2 Å². The van der Waals surface area contributed by atoms with Gasteiger partial charge in [0.15, 0.2) is 21.3 Å². The maximum absolute atomic E-state index is 12.2. The molecule has 1 N–H and O–H groups in total. The highest BCUT2D eigenvalue weighted by molar-refractivity contribution is 7.91. The molecule has 0 spiro atoms. The summed E-state index contributed by atoms with van der Waals surface area (Å²) < 4.78 is 22.9. The molecule has 8 nitrogen and oxygen atoms in total. The quantitative estimate of drug-likeness (QED) is 0.782. The Kier molecular flexibility index (Phi) is 5.00. The number of carbonyl (C=O) groups excluding carboxylic acids is 1. The van der Waals surface area contributed by atoms with E-state index < -0.39 is 9.84 Å². The van der Waals surface area contributed by atoms with Crippen LogP contribution in [0, 0.1) is 0 Å². The van der Waals surface area contributed by atoms with E-state index in [2.05, 4.69) is 32.2 Å². The van der Waals surface area contributed by atoms with E-state index in [1.165, 1.54) is 0 Å². The van der Waals surface area contributed by atoms with Crippen LogP contribution in [0.1, 0.15) is 23.8 Å². The van der Waals surface area contributed by atoms with E-state index in [-0.39, 0.29) is 29.1 Å². The number of nitrogens with one attached hydrogen (secondary N) is 1. The molecule has 2 aliphatic heterocycles. The number of anilines is 1. The van der Waals surface area contributed by atoms with Gasteiger partial charge in [-0.2, -0.15) is 0 Å². The third-order valence-electron chi connectivity index (χ3n) is 4.59. The highest BCUT2D eigenvalue weighted by Gasteiger charge is 2.29. The molecule has 3 rings (SSSR count). The van der Waals surface area contributed by atoms with Crippen molar-refractivity contribution in [3.05, 3.63) is 17.8 Å². The summed E-state index contributed by atoms with van der Waals surface area (Å²) in [6.07, 6.45) is 0.460. The number of hydrogen-bond donors (Lipinski definition) is 1. The molecule has 1 unspecified atom stereocenters. The van der Waals surface area contributed by atoms with Crippen molar-refractivity contribution in [2.24, 2.45) is 0 Å². The molecule has 132 valence electrons. The van der Waals surface area contributed by atoms with Crippen LogP contribution in [0.5, 0.6) is 0 Å². The SMILES string of the molecule is CCN1CCN(c2ccc(C(=O)NC3CCS(=O)(=O)C3)nn2)CC1. The zero-order valence-electron chi connectivity index (χ0n) is 13.8. The van der Waals surface area contributed by atoms with Crippen LogP contribution in [0.15, 0.2) is 12.1 Å². The minimum Gasteiger partial charge on any atom is -0.353 e. The molecule has 1 aromatic heterocycles. The van der Waals surface area contributed by atoms with Gasteiger partial charge in [-0.25, -0.2) is 8.42 Å². The first kappa shape index (κ1) is 17.1. The van der Waals surface area contributed by atoms with Gasteiger partial charge in [0.05, 0.1) is 11.5 Å². The van der Waals surface area contributed by atoms with Gasteiger partial charge in [0.1, 0.15) is 0 Å². The average Bonchev–Trinajstić information content (AvgIpc) is 2.93. The van der Waals surface area contributed by atoms with Crippen molar-refractivity contribution in [1.29, 1.82) is 0 Å². The summed E-state index contributed by atoms with van der Waals surface area (Å²) in [5.74, 6) is 0.538. The Morgan fingerprint density at radius 1 is 1.25 bits per heavy atom. The van der Waals surface area contributed by atoms with Gasteiger partial charge >= 0.3 is 0 Å².